The minimum atomic E-state index is -0.843. The molecule has 506 valence electrons. The maximum Gasteiger partial charge on any atom is 0.305 e. The zero-order valence-corrected chi connectivity index (χ0v) is 58.1. The van der Waals surface area contributed by atoms with Crippen LogP contribution in [-0.2, 0) is 14.3 Å². The molecule has 0 aliphatic rings. The maximum absolute atomic E-state index is 12.5. The third-order valence-electron chi connectivity index (χ3n) is 18.1. The summed E-state index contributed by atoms with van der Waals surface area (Å²) in [6.07, 6.45) is 99.4. The molecule has 0 aliphatic carbocycles. The number of carbonyl (C=O) groups excluding carboxylic acids is 2. The summed E-state index contributed by atoms with van der Waals surface area (Å²) in [7, 11) is 0. The number of aliphatic hydroxyl groups is 2. The zero-order chi connectivity index (χ0) is 62.0. The van der Waals surface area contributed by atoms with Crippen LogP contribution in [0.5, 0.6) is 0 Å². The number of allylic oxidation sites excluding steroid dienone is 7. The normalized spacial score (nSPS) is 12.7. The first-order valence-corrected chi connectivity index (χ1v) is 38.9. The number of esters is 1. The monoisotopic (exact) mass is 1210 g/mol. The molecule has 1 amide bonds. The predicted molar refractivity (Wildman–Crippen MR) is 379 cm³/mol. The van der Waals surface area contributed by atoms with Crippen LogP contribution in [0.25, 0.3) is 0 Å². The van der Waals surface area contributed by atoms with Crippen molar-refractivity contribution in [3.63, 3.8) is 0 Å². The molecule has 3 N–H and O–H groups in total. The molecule has 0 heterocycles. The summed E-state index contributed by atoms with van der Waals surface area (Å²) in [4.78, 5) is 24.6. The summed E-state index contributed by atoms with van der Waals surface area (Å²) >= 11 is 0. The smallest absolute Gasteiger partial charge is 0.305 e. The molecule has 0 rings (SSSR count). The van der Waals surface area contributed by atoms with Gasteiger partial charge in [-0.05, 0) is 89.9 Å². The molecule has 0 aromatic heterocycles. The first-order valence-electron chi connectivity index (χ1n) is 38.9. The molecule has 0 saturated heterocycles. The van der Waals surface area contributed by atoms with Gasteiger partial charge in [-0.15, -0.1) is 0 Å². The van der Waals surface area contributed by atoms with Crippen LogP contribution in [0, 0.1) is 0 Å². The van der Waals surface area contributed by atoms with Gasteiger partial charge in [-0.2, -0.15) is 0 Å². The molecule has 2 atom stereocenters. The molecule has 0 fully saturated rings. The molecule has 0 bridgehead atoms. The number of amides is 1. The van der Waals surface area contributed by atoms with Gasteiger partial charge in [0, 0.05) is 12.8 Å². The molecule has 6 nitrogen and oxygen atoms in total. The van der Waals surface area contributed by atoms with Gasteiger partial charge in [0.05, 0.1) is 25.4 Å². The van der Waals surface area contributed by atoms with E-state index in [2.05, 4.69) is 55.6 Å². The summed E-state index contributed by atoms with van der Waals surface area (Å²) in [5.74, 6) is -0.0468. The van der Waals surface area contributed by atoms with Crippen LogP contribution in [0.15, 0.2) is 48.6 Å². The molecule has 0 aliphatic heterocycles. The number of nitrogens with one attached hydrogen (secondary N) is 1. The molecule has 86 heavy (non-hydrogen) atoms. The van der Waals surface area contributed by atoms with Crippen molar-refractivity contribution >= 4 is 11.9 Å². The van der Waals surface area contributed by atoms with Crippen molar-refractivity contribution in [1.29, 1.82) is 0 Å². The molecule has 0 saturated carbocycles. The van der Waals surface area contributed by atoms with E-state index in [1.165, 1.54) is 347 Å². The average molecular weight is 1210 g/mol. The molecule has 0 radical (unpaired) electrons. The van der Waals surface area contributed by atoms with Crippen molar-refractivity contribution in [2.75, 3.05) is 13.2 Å². The molecule has 0 aromatic rings. The Hall–Kier alpha value is -2.18. The second-order valence-electron chi connectivity index (χ2n) is 26.7. The van der Waals surface area contributed by atoms with Crippen LogP contribution < -0.4 is 5.32 Å². The van der Waals surface area contributed by atoms with Crippen molar-refractivity contribution in [2.45, 2.75) is 437 Å². The highest BCUT2D eigenvalue weighted by atomic mass is 16.5. The lowest BCUT2D eigenvalue weighted by atomic mass is 10.0. The van der Waals surface area contributed by atoms with Crippen LogP contribution in [0.1, 0.15) is 425 Å². The SMILES string of the molecule is CCCCC/C=C\C/C=C\CCCCCCCCCCCC(=O)OCCCCCCCCCCCCCC/C=C\CCCCCCCCCCCCCCCCCCCC(=O)NC(CO)C(O)/C=C/CCCCCCCCCCCCCCCCC. The largest absolute Gasteiger partial charge is 0.466 e. The van der Waals surface area contributed by atoms with Crippen LogP contribution in [-0.4, -0.2) is 47.4 Å². The lowest BCUT2D eigenvalue weighted by molar-refractivity contribution is -0.143. The van der Waals surface area contributed by atoms with Gasteiger partial charge < -0.3 is 20.3 Å². The van der Waals surface area contributed by atoms with Crippen LogP contribution >= 0.6 is 0 Å². The fourth-order valence-corrected chi connectivity index (χ4v) is 12.1. The predicted octanol–water partition coefficient (Wildman–Crippen LogP) is 25.6. The standard InChI is InChI=1S/C80H151NO5/c1-3-5-7-9-11-13-15-17-19-21-37-42-46-50-54-58-62-66-70-74-80(85)86-75-71-67-63-59-55-51-47-43-39-36-34-32-30-28-26-24-22-23-25-27-29-31-33-35-38-41-45-49-53-57-61-65-69-73-79(84)81-77(76-82)78(83)72-68-64-60-56-52-48-44-40-20-18-16-14-12-10-8-6-4-2/h11,13,17,19,26,28,68,72,77-78,82-83H,3-10,12,14-16,18,20-25,27,29-67,69-71,73-76H2,1-2H3,(H,81,84)/b13-11-,19-17-,28-26-,72-68+. The number of ether oxygens (including phenoxy) is 1. The quantitative estimate of drug-likeness (QED) is 0.0320. The van der Waals surface area contributed by atoms with E-state index in [0.717, 1.165) is 51.4 Å². The Morgan fingerprint density at radius 1 is 0.326 bits per heavy atom. The summed E-state index contributed by atoms with van der Waals surface area (Å²) in [5.41, 5.74) is 0. The Balaban J connectivity index is 3.36. The zero-order valence-electron chi connectivity index (χ0n) is 58.1. The van der Waals surface area contributed by atoms with E-state index in [9.17, 15) is 19.8 Å². The molecule has 6 heteroatoms. The molecule has 0 spiro atoms. The highest BCUT2D eigenvalue weighted by Gasteiger charge is 2.18. The molecule has 0 aromatic carbocycles. The highest BCUT2D eigenvalue weighted by molar-refractivity contribution is 5.76. The summed E-state index contributed by atoms with van der Waals surface area (Å²) in [5, 5.41) is 23.2. The fraction of sp³-hybridized carbons (Fsp3) is 0.875. The number of carbonyl (C=O) groups is 2. The van der Waals surface area contributed by atoms with E-state index in [-0.39, 0.29) is 18.5 Å². The van der Waals surface area contributed by atoms with Gasteiger partial charge >= 0.3 is 5.97 Å². The second kappa shape index (κ2) is 75.3. The van der Waals surface area contributed by atoms with Crippen molar-refractivity contribution in [2.24, 2.45) is 0 Å². The van der Waals surface area contributed by atoms with Gasteiger partial charge in [0.15, 0.2) is 0 Å². The van der Waals surface area contributed by atoms with E-state index < -0.39 is 12.1 Å². The first-order chi connectivity index (χ1) is 42.5. The van der Waals surface area contributed by atoms with Gasteiger partial charge in [-0.3, -0.25) is 9.59 Å². The summed E-state index contributed by atoms with van der Waals surface area (Å²) in [6.45, 7) is 4.92. The Morgan fingerprint density at radius 2 is 0.581 bits per heavy atom. The number of aliphatic hydroxyl groups excluding tert-OH is 2. The lowest BCUT2D eigenvalue weighted by Gasteiger charge is -2.20. The van der Waals surface area contributed by atoms with Gasteiger partial charge in [0.25, 0.3) is 0 Å². The minimum absolute atomic E-state index is 0.0151. The third-order valence-corrected chi connectivity index (χ3v) is 18.1. The first kappa shape index (κ1) is 83.8. The van der Waals surface area contributed by atoms with Crippen LogP contribution in [0.4, 0.5) is 0 Å². The van der Waals surface area contributed by atoms with Crippen molar-refractivity contribution < 1.29 is 24.5 Å². The van der Waals surface area contributed by atoms with E-state index in [1.807, 2.05) is 6.08 Å². The van der Waals surface area contributed by atoms with Gasteiger partial charge in [-0.25, -0.2) is 0 Å². The van der Waals surface area contributed by atoms with Crippen molar-refractivity contribution in [3.05, 3.63) is 48.6 Å². The minimum Gasteiger partial charge on any atom is -0.466 e. The van der Waals surface area contributed by atoms with Gasteiger partial charge in [-0.1, -0.05) is 371 Å². The lowest BCUT2D eigenvalue weighted by Crippen LogP contribution is -2.45. The van der Waals surface area contributed by atoms with Crippen LogP contribution in [0.2, 0.25) is 0 Å². The third kappa shape index (κ3) is 70.9. The summed E-state index contributed by atoms with van der Waals surface area (Å²) in [6, 6.07) is -0.626. The van der Waals surface area contributed by atoms with Gasteiger partial charge in [0.2, 0.25) is 5.91 Å². The van der Waals surface area contributed by atoms with Crippen molar-refractivity contribution in [3.8, 4) is 0 Å². The number of hydrogen-bond acceptors (Lipinski definition) is 5. The molecular formula is C80H151NO5. The average Bonchev–Trinajstić information content (AvgIpc) is 3.59. The Labute approximate surface area is 537 Å². The molecule has 2 unspecified atom stereocenters. The Kier molecular flexibility index (Phi) is 73.4. The van der Waals surface area contributed by atoms with E-state index in [4.69, 9.17) is 4.74 Å². The number of unbranched alkanes of at least 4 members (excludes halogenated alkanes) is 56. The number of hydrogen-bond donors (Lipinski definition) is 3. The maximum atomic E-state index is 12.5. The van der Waals surface area contributed by atoms with Crippen LogP contribution in [0.3, 0.4) is 0 Å². The Morgan fingerprint density at radius 3 is 0.919 bits per heavy atom. The molecular weight excluding hydrogens is 1050 g/mol. The number of rotatable bonds is 73. The Bertz CT molecular complexity index is 1440. The fourth-order valence-electron chi connectivity index (χ4n) is 12.1. The van der Waals surface area contributed by atoms with E-state index in [0.29, 0.717) is 19.4 Å². The van der Waals surface area contributed by atoms with E-state index in [1.54, 1.807) is 6.08 Å². The highest BCUT2D eigenvalue weighted by Crippen LogP contribution is 2.19. The topological polar surface area (TPSA) is 95.9 Å². The van der Waals surface area contributed by atoms with Gasteiger partial charge in [0.1, 0.15) is 0 Å². The summed E-state index contributed by atoms with van der Waals surface area (Å²) < 4.78 is 5.51. The van der Waals surface area contributed by atoms with Crippen molar-refractivity contribution in [1.82, 2.24) is 5.32 Å². The van der Waals surface area contributed by atoms with E-state index >= 15 is 0 Å². The second-order valence-corrected chi connectivity index (χ2v) is 26.7.